The molecule has 1 aliphatic rings. The van der Waals surface area contributed by atoms with Crippen LogP contribution in [0.2, 0.25) is 0 Å². The number of nitrogens with zero attached hydrogens (tertiary/aromatic N) is 3. The fourth-order valence-electron chi connectivity index (χ4n) is 3.22. The van der Waals surface area contributed by atoms with Crippen LogP contribution in [0.1, 0.15) is 35.8 Å². The Bertz CT molecular complexity index is 782. The molecule has 1 atom stereocenters. The number of carbonyl (C=O) groups is 2. The van der Waals surface area contributed by atoms with Crippen molar-refractivity contribution < 1.29 is 14.1 Å². The zero-order chi connectivity index (χ0) is 18.7. The Hall–Kier alpha value is -2.63. The predicted molar refractivity (Wildman–Crippen MR) is 98.6 cm³/mol. The maximum atomic E-state index is 12.8. The van der Waals surface area contributed by atoms with Crippen molar-refractivity contribution >= 4 is 11.8 Å². The van der Waals surface area contributed by atoms with Gasteiger partial charge >= 0.3 is 0 Å². The SMILES string of the molecule is CCN(C)C(=O)C1CCCN(C(=O)c2cc(-c3ccc(C)cc3)on2)C1. The summed E-state index contributed by atoms with van der Waals surface area (Å²) < 4.78 is 5.36. The van der Waals surface area contributed by atoms with Crippen molar-refractivity contribution in [2.24, 2.45) is 5.92 Å². The molecule has 26 heavy (non-hydrogen) atoms. The molecular formula is C20H25N3O3. The molecule has 1 fully saturated rings. The molecule has 0 saturated carbocycles. The highest BCUT2D eigenvalue weighted by atomic mass is 16.5. The standard InChI is InChI=1S/C20H25N3O3/c1-4-22(3)19(24)16-6-5-11-23(13-16)20(25)17-12-18(26-21-17)15-9-7-14(2)8-10-15/h7-10,12,16H,4-6,11,13H2,1-3H3. The van der Waals surface area contributed by atoms with Crippen molar-refractivity contribution in [2.75, 3.05) is 26.7 Å². The van der Waals surface area contributed by atoms with Crippen molar-refractivity contribution in [3.8, 4) is 11.3 Å². The third-order valence-electron chi connectivity index (χ3n) is 4.97. The molecule has 6 heteroatoms. The lowest BCUT2D eigenvalue weighted by Crippen LogP contribution is -2.45. The summed E-state index contributed by atoms with van der Waals surface area (Å²) in [6.07, 6.45) is 1.64. The molecule has 3 rings (SSSR count). The molecule has 2 heterocycles. The molecule has 0 spiro atoms. The monoisotopic (exact) mass is 355 g/mol. The first kappa shape index (κ1) is 18.2. The molecule has 1 saturated heterocycles. The van der Waals surface area contributed by atoms with Crippen LogP contribution in [0, 0.1) is 12.8 Å². The van der Waals surface area contributed by atoms with Crippen molar-refractivity contribution in [1.82, 2.24) is 15.0 Å². The minimum absolute atomic E-state index is 0.102. The van der Waals surface area contributed by atoms with Gasteiger partial charge in [0.05, 0.1) is 5.92 Å². The van der Waals surface area contributed by atoms with E-state index in [4.69, 9.17) is 4.52 Å². The highest BCUT2D eigenvalue weighted by molar-refractivity contribution is 5.93. The lowest BCUT2D eigenvalue weighted by molar-refractivity contribution is -0.135. The van der Waals surface area contributed by atoms with Gasteiger partial charge in [0.25, 0.3) is 5.91 Å². The van der Waals surface area contributed by atoms with E-state index >= 15 is 0 Å². The lowest BCUT2D eigenvalue weighted by atomic mass is 9.96. The van der Waals surface area contributed by atoms with Gasteiger partial charge in [-0.05, 0) is 26.7 Å². The van der Waals surface area contributed by atoms with Crippen molar-refractivity contribution in [3.63, 3.8) is 0 Å². The summed E-state index contributed by atoms with van der Waals surface area (Å²) in [4.78, 5) is 28.6. The van der Waals surface area contributed by atoms with E-state index in [0.717, 1.165) is 24.0 Å². The topological polar surface area (TPSA) is 66.7 Å². The lowest BCUT2D eigenvalue weighted by Gasteiger charge is -2.33. The Balaban J connectivity index is 1.71. The summed E-state index contributed by atoms with van der Waals surface area (Å²) in [5.74, 6) is 0.360. The zero-order valence-electron chi connectivity index (χ0n) is 15.6. The van der Waals surface area contributed by atoms with E-state index in [1.807, 2.05) is 38.1 Å². The minimum atomic E-state index is -0.177. The number of aromatic nitrogens is 1. The Morgan fingerprint density at radius 3 is 2.73 bits per heavy atom. The van der Waals surface area contributed by atoms with Crippen molar-refractivity contribution in [1.29, 1.82) is 0 Å². The molecule has 1 aliphatic heterocycles. The molecular weight excluding hydrogens is 330 g/mol. The first-order valence-electron chi connectivity index (χ1n) is 9.07. The van der Waals surface area contributed by atoms with E-state index in [-0.39, 0.29) is 23.4 Å². The van der Waals surface area contributed by atoms with Crippen LogP contribution >= 0.6 is 0 Å². The summed E-state index contributed by atoms with van der Waals surface area (Å²) in [5.41, 5.74) is 2.33. The third-order valence-corrected chi connectivity index (χ3v) is 4.97. The maximum absolute atomic E-state index is 12.8. The normalized spacial score (nSPS) is 17.2. The van der Waals surface area contributed by atoms with Gasteiger partial charge in [-0.2, -0.15) is 0 Å². The number of hydrogen-bond acceptors (Lipinski definition) is 4. The fourth-order valence-corrected chi connectivity index (χ4v) is 3.22. The second-order valence-electron chi connectivity index (χ2n) is 6.89. The van der Waals surface area contributed by atoms with Gasteiger partial charge in [-0.25, -0.2) is 0 Å². The molecule has 2 aromatic rings. The molecule has 6 nitrogen and oxygen atoms in total. The van der Waals surface area contributed by atoms with Gasteiger partial charge in [0.1, 0.15) is 0 Å². The Morgan fingerprint density at radius 2 is 2.04 bits per heavy atom. The van der Waals surface area contributed by atoms with E-state index < -0.39 is 0 Å². The van der Waals surface area contributed by atoms with Gasteiger partial charge in [-0.3, -0.25) is 9.59 Å². The zero-order valence-corrected chi connectivity index (χ0v) is 15.6. The van der Waals surface area contributed by atoms with Crippen molar-refractivity contribution in [3.05, 3.63) is 41.6 Å². The number of rotatable bonds is 4. The smallest absolute Gasteiger partial charge is 0.276 e. The number of benzene rings is 1. The van der Waals surface area contributed by atoms with Crippen LogP contribution in [0.15, 0.2) is 34.9 Å². The third kappa shape index (κ3) is 3.79. The van der Waals surface area contributed by atoms with Gasteiger partial charge in [0.2, 0.25) is 5.91 Å². The van der Waals surface area contributed by atoms with Gasteiger partial charge < -0.3 is 14.3 Å². The molecule has 1 unspecified atom stereocenters. The van der Waals surface area contributed by atoms with E-state index in [0.29, 0.717) is 25.4 Å². The summed E-state index contributed by atoms with van der Waals surface area (Å²) in [7, 11) is 1.80. The first-order chi connectivity index (χ1) is 12.5. The molecule has 0 aliphatic carbocycles. The van der Waals surface area contributed by atoms with E-state index in [1.54, 1.807) is 22.9 Å². The van der Waals surface area contributed by atoms with E-state index in [9.17, 15) is 9.59 Å². The summed E-state index contributed by atoms with van der Waals surface area (Å²) >= 11 is 0. The number of hydrogen-bond donors (Lipinski definition) is 0. The highest BCUT2D eigenvalue weighted by Gasteiger charge is 2.31. The number of piperidine rings is 1. The number of amides is 2. The average molecular weight is 355 g/mol. The molecule has 0 N–H and O–H groups in total. The molecule has 0 bridgehead atoms. The molecule has 2 amide bonds. The largest absolute Gasteiger partial charge is 0.355 e. The molecule has 1 aromatic carbocycles. The van der Waals surface area contributed by atoms with Crippen LogP contribution in [0.5, 0.6) is 0 Å². The van der Waals surface area contributed by atoms with E-state index in [1.165, 1.54) is 0 Å². The van der Waals surface area contributed by atoms with E-state index in [2.05, 4.69) is 5.16 Å². The first-order valence-corrected chi connectivity index (χ1v) is 9.07. The van der Waals surface area contributed by atoms with Gasteiger partial charge in [-0.15, -0.1) is 0 Å². The average Bonchev–Trinajstić information content (AvgIpc) is 3.17. The van der Waals surface area contributed by atoms with Gasteiger partial charge in [-0.1, -0.05) is 35.0 Å². The molecule has 1 aromatic heterocycles. The fraction of sp³-hybridized carbons (Fsp3) is 0.450. The van der Waals surface area contributed by atoms with Crippen LogP contribution in [-0.4, -0.2) is 53.5 Å². The Morgan fingerprint density at radius 1 is 1.31 bits per heavy atom. The second kappa shape index (κ2) is 7.72. The van der Waals surface area contributed by atoms with Crippen molar-refractivity contribution in [2.45, 2.75) is 26.7 Å². The van der Waals surface area contributed by atoms with Crippen LogP contribution in [0.3, 0.4) is 0 Å². The van der Waals surface area contributed by atoms with Crippen LogP contribution in [0.25, 0.3) is 11.3 Å². The second-order valence-corrected chi connectivity index (χ2v) is 6.89. The molecule has 138 valence electrons. The number of carbonyl (C=O) groups excluding carboxylic acids is 2. The number of aryl methyl sites for hydroxylation is 1. The summed E-state index contributed by atoms with van der Waals surface area (Å²) in [5, 5.41) is 3.95. The minimum Gasteiger partial charge on any atom is -0.355 e. The number of likely N-dealkylation sites (tertiary alicyclic amines) is 1. The quantitative estimate of drug-likeness (QED) is 0.846. The van der Waals surface area contributed by atoms with Crippen LogP contribution < -0.4 is 0 Å². The Labute approximate surface area is 153 Å². The van der Waals surface area contributed by atoms with Gasteiger partial charge in [0, 0.05) is 38.3 Å². The summed E-state index contributed by atoms with van der Waals surface area (Å²) in [6, 6.07) is 9.55. The van der Waals surface area contributed by atoms with Crippen LogP contribution in [-0.2, 0) is 4.79 Å². The Kier molecular flexibility index (Phi) is 5.40. The van der Waals surface area contributed by atoms with Crippen LogP contribution in [0.4, 0.5) is 0 Å². The maximum Gasteiger partial charge on any atom is 0.276 e. The van der Waals surface area contributed by atoms with Gasteiger partial charge in [0.15, 0.2) is 11.5 Å². The highest BCUT2D eigenvalue weighted by Crippen LogP contribution is 2.24. The molecule has 0 radical (unpaired) electrons. The predicted octanol–water partition coefficient (Wildman–Crippen LogP) is 2.98. The summed E-state index contributed by atoms with van der Waals surface area (Å²) in [6.45, 7) is 5.72.